The minimum Gasteiger partial charge on any atom is -0.477 e. The molecule has 1 aromatic carbocycles. The zero-order chi connectivity index (χ0) is 15.6. The number of carboxylic acid groups (broad SMARTS) is 1. The molecular weight excluding hydrogens is 276 g/mol. The predicted octanol–water partition coefficient (Wildman–Crippen LogP) is 1.35. The summed E-state index contributed by atoms with van der Waals surface area (Å²) in [4.78, 5) is 34.5. The monoisotopic (exact) mass is 290 g/mol. The summed E-state index contributed by atoms with van der Waals surface area (Å²) in [5, 5.41) is 13.8. The van der Waals surface area contributed by atoms with E-state index >= 15 is 0 Å². The quantitative estimate of drug-likeness (QED) is 0.847. The Bertz CT molecular complexity index is 651. The average molecular weight is 290 g/mol. The highest BCUT2D eigenvalue weighted by molar-refractivity contribution is 6.37. The van der Waals surface area contributed by atoms with Crippen LogP contribution in [0.2, 0.25) is 0 Å². The molecule has 0 atom stereocenters. The van der Waals surface area contributed by atoms with Crippen LogP contribution in [0.3, 0.4) is 0 Å². The first-order valence-corrected chi connectivity index (χ1v) is 6.26. The van der Waals surface area contributed by atoms with Crippen molar-refractivity contribution in [1.82, 2.24) is 0 Å². The third-order valence-corrected chi connectivity index (χ3v) is 3.15. The molecule has 1 heterocycles. The molecule has 110 valence electrons. The summed E-state index contributed by atoms with van der Waals surface area (Å²) in [5.41, 5.74) is 1.25. The lowest BCUT2D eigenvalue weighted by Crippen LogP contribution is -2.34. The number of hydrogen-bond donors (Lipinski definition) is 1. The zero-order valence-corrected chi connectivity index (χ0v) is 11.6. The number of carboxylic acids is 1. The van der Waals surface area contributed by atoms with E-state index in [0.29, 0.717) is 16.8 Å². The van der Waals surface area contributed by atoms with E-state index in [1.807, 2.05) is 0 Å². The first-order valence-electron chi connectivity index (χ1n) is 6.26. The number of amides is 1. The Balaban J connectivity index is 2.45. The van der Waals surface area contributed by atoms with Crippen LogP contribution in [0.4, 0.5) is 5.69 Å². The lowest BCUT2D eigenvalue weighted by Gasteiger charge is -2.22. The number of methoxy groups -OCH3 is 1. The number of benzene rings is 1. The van der Waals surface area contributed by atoms with E-state index in [1.54, 1.807) is 19.1 Å². The molecule has 0 unspecified atom stereocenters. The molecule has 0 saturated carbocycles. The molecule has 0 fully saturated rings. The van der Waals surface area contributed by atoms with Crippen molar-refractivity contribution in [1.29, 1.82) is 0 Å². The topological polar surface area (TPSA) is 96.3 Å². The highest BCUT2D eigenvalue weighted by atomic mass is 16.5. The average Bonchev–Trinajstić information content (AvgIpc) is 2.47. The van der Waals surface area contributed by atoms with Crippen molar-refractivity contribution in [2.45, 2.75) is 19.8 Å². The number of hydrazone groups is 1. The fourth-order valence-corrected chi connectivity index (χ4v) is 1.98. The number of carbonyl (C=O) groups excluding carboxylic acids is 2. The fourth-order valence-electron chi connectivity index (χ4n) is 1.98. The van der Waals surface area contributed by atoms with E-state index in [-0.39, 0.29) is 24.5 Å². The Morgan fingerprint density at radius 3 is 2.67 bits per heavy atom. The zero-order valence-electron chi connectivity index (χ0n) is 11.6. The molecule has 0 radical (unpaired) electrons. The normalized spacial score (nSPS) is 14.7. The molecule has 1 aliphatic rings. The SMILES string of the molecule is COC(=O)c1cc(N2N=C(C(=O)O)CCC2=O)ccc1C. The maximum absolute atomic E-state index is 11.9. The van der Waals surface area contributed by atoms with Gasteiger partial charge in [0.15, 0.2) is 0 Å². The molecule has 0 aliphatic carbocycles. The van der Waals surface area contributed by atoms with Gasteiger partial charge in [0.1, 0.15) is 5.71 Å². The molecule has 7 heteroatoms. The number of anilines is 1. The Morgan fingerprint density at radius 1 is 1.33 bits per heavy atom. The van der Waals surface area contributed by atoms with Gasteiger partial charge in [0, 0.05) is 12.8 Å². The summed E-state index contributed by atoms with van der Waals surface area (Å²) in [6.45, 7) is 1.74. The molecule has 1 aromatic rings. The van der Waals surface area contributed by atoms with Gasteiger partial charge in [-0.1, -0.05) is 6.07 Å². The molecule has 7 nitrogen and oxygen atoms in total. The summed E-state index contributed by atoms with van der Waals surface area (Å²) in [7, 11) is 1.27. The largest absolute Gasteiger partial charge is 0.477 e. The Kier molecular flexibility index (Phi) is 4.02. The molecule has 2 rings (SSSR count). The highest BCUT2D eigenvalue weighted by Crippen LogP contribution is 2.24. The van der Waals surface area contributed by atoms with Crippen LogP contribution in [0, 0.1) is 6.92 Å². The first-order chi connectivity index (χ1) is 9.93. The number of ether oxygens (including phenoxy) is 1. The van der Waals surface area contributed by atoms with Gasteiger partial charge < -0.3 is 9.84 Å². The summed E-state index contributed by atoms with van der Waals surface area (Å²) in [6, 6.07) is 4.72. The molecule has 0 saturated heterocycles. The van der Waals surface area contributed by atoms with E-state index in [9.17, 15) is 14.4 Å². The van der Waals surface area contributed by atoms with Gasteiger partial charge in [0.05, 0.1) is 18.4 Å². The molecule has 0 aromatic heterocycles. The van der Waals surface area contributed by atoms with Gasteiger partial charge >= 0.3 is 11.9 Å². The minimum absolute atomic E-state index is 0.0621. The molecule has 0 spiro atoms. The molecule has 1 aliphatic heterocycles. The Hall–Kier alpha value is -2.70. The Labute approximate surface area is 120 Å². The molecule has 1 N–H and O–H groups in total. The summed E-state index contributed by atoms with van der Waals surface area (Å²) in [6.07, 6.45) is 0.160. The van der Waals surface area contributed by atoms with E-state index < -0.39 is 11.9 Å². The third-order valence-electron chi connectivity index (χ3n) is 3.15. The smallest absolute Gasteiger partial charge is 0.352 e. The van der Waals surface area contributed by atoms with Crippen LogP contribution < -0.4 is 5.01 Å². The Morgan fingerprint density at radius 2 is 2.05 bits per heavy atom. The number of hydrogen-bond acceptors (Lipinski definition) is 5. The van der Waals surface area contributed by atoms with Crippen molar-refractivity contribution in [3.05, 3.63) is 29.3 Å². The predicted molar refractivity (Wildman–Crippen MR) is 74.3 cm³/mol. The molecule has 0 bridgehead atoms. The van der Waals surface area contributed by atoms with E-state index in [4.69, 9.17) is 5.11 Å². The second-order valence-corrected chi connectivity index (χ2v) is 4.55. The van der Waals surface area contributed by atoms with Gasteiger partial charge in [-0.05, 0) is 24.6 Å². The van der Waals surface area contributed by atoms with E-state index in [2.05, 4.69) is 9.84 Å². The fraction of sp³-hybridized carbons (Fsp3) is 0.286. The van der Waals surface area contributed by atoms with E-state index in [0.717, 1.165) is 5.01 Å². The number of carbonyl (C=O) groups is 3. The standard InChI is InChI=1S/C14H14N2O5/c1-8-3-4-9(7-10(8)14(20)21-2)16-12(17)6-5-11(15-16)13(18)19/h3-4,7H,5-6H2,1-2H3,(H,18,19). The van der Waals surface area contributed by atoms with E-state index in [1.165, 1.54) is 13.2 Å². The van der Waals surface area contributed by atoms with Gasteiger partial charge in [-0.2, -0.15) is 5.10 Å². The van der Waals surface area contributed by atoms with Crippen LogP contribution in [0.25, 0.3) is 0 Å². The van der Waals surface area contributed by atoms with Gasteiger partial charge in [-0.25, -0.2) is 14.6 Å². The number of rotatable bonds is 3. The molecule has 1 amide bonds. The lowest BCUT2D eigenvalue weighted by molar-refractivity contribution is -0.129. The maximum atomic E-state index is 11.9. The van der Waals surface area contributed by atoms with Gasteiger partial charge in [0.25, 0.3) is 0 Å². The number of esters is 1. The number of aryl methyl sites for hydroxylation is 1. The van der Waals surface area contributed by atoms with Crippen molar-refractivity contribution >= 4 is 29.2 Å². The number of aliphatic carboxylic acids is 1. The number of nitrogens with zero attached hydrogens (tertiary/aromatic N) is 2. The van der Waals surface area contributed by atoms with Gasteiger partial charge in [-0.15, -0.1) is 0 Å². The summed E-state index contributed by atoms with van der Waals surface area (Å²) in [5.74, 6) is -2.01. The van der Waals surface area contributed by atoms with Crippen LogP contribution >= 0.6 is 0 Å². The van der Waals surface area contributed by atoms with Crippen LogP contribution in [0.15, 0.2) is 23.3 Å². The van der Waals surface area contributed by atoms with Crippen molar-refractivity contribution in [2.75, 3.05) is 12.1 Å². The van der Waals surface area contributed by atoms with Crippen LogP contribution in [0.1, 0.15) is 28.8 Å². The third kappa shape index (κ3) is 2.91. The summed E-state index contributed by atoms with van der Waals surface area (Å²) < 4.78 is 4.67. The van der Waals surface area contributed by atoms with Crippen LogP contribution in [0.5, 0.6) is 0 Å². The van der Waals surface area contributed by atoms with Crippen LogP contribution in [-0.4, -0.2) is 35.8 Å². The molecular formula is C14H14N2O5. The minimum atomic E-state index is -1.16. The second kappa shape index (κ2) is 5.74. The van der Waals surface area contributed by atoms with Crippen molar-refractivity contribution < 1.29 is 24.2 Å². The highest BCUT2D eigenvalue weighted by Gasteiger charge is 2.26. The van der Waals surface area contributed by atoms with Crippen LogP contribution in [-0.2, 0) is 14.3 Å². The van der Waals surface area contributed by atoms with Crippen molar-refractivity contribution in [3.63, 3.8) is 0 Å². The van der Waals surface area contributed by atoms with Crippen molar-refractivity contribution in [3.8, 4) is 0 Å². The van der Waals surface area contributed by atoms with Crippen molar-refractivity contribution in [2.24, 2.45) is 5.10 Å². The maximum Gasteiger partial charge on any atom is 0.352 e. The van der Waals surface area contributed by atoms with Gasteiger partial charge in [0.2, 0.25) is 5.91 Å². The van der Waals surface area contributed by atoms with Gasteiger partial charge in [-0.3, -0.25) is 4.79 Å². The lowest BCUT2D eigenvalue weighted by atomic mass is 10.1. The summed E-state index contributed by atoms with van der Waals surface area (Å²) >= 11 is 0. The second-order valence-electron chi connectivity index (χ2n) is 4.55. The first kappa shape index (κ1) is 14.7. The molecule has 21 heavy (non-hydrogen) atoms.